The lowest BCUT2D eigenvalue weighted by Crippen LogP contribution is -2.32. The molecule has 1 aliphatic heterocycles. The quantitative estimate of drug-likeness (QED) is 0.531. The van der Waals surface area contributed by atoms with Gasteiger partial charge < -0.3 is 14.0 Å². The minimum atomic E-state index is -0.326. The number of aromatic nitrogens is 3. The summed E-state index contributed by atoms with van der Waals surface area (Å²) in [6, 6.07) is 17.5. The molecule has 0 radical (unpaired) electrons. The second-order valence-electron chi connectivity index (χ2n) is 6.88. The van der Waals surface area contributed by atoms with Crippen molar-refractivity contribution in [1.29, 1.82) is 0 Å². The summed E-state index contributed by atoms with van der Waals surface area (Å²) < 4.78 is 20.3. The molecular weight excluding hydrogens is 371 g/mol. The summed E-state index contributed by atoms with van der Waals surface area (Å²) in [6.07, 6.45) is 2.68. The van der Waals surface area contributed by atoms with Gasteiger partial charge in [0, 0.05) is 24.0 Å². The van der Waals surface area contributed by atoms with Crippen molar-refractivity contribution in [2.75, 3.05) is 11.4 Å². The Balaban J connectivity index is 1.38. The number of benzene rings is 2. The molecule has 1 aliphatic rings. The molecule has 1 amide bonds. The van der Waals surface area contributed by atoms with E-state index in [0.29, 0.717) is 29.5 Å². The SMILES string of the molecule is O=C(Cn1cccc1-c1nc(-c2ccc(F)cc2)no1)N1CCc2ccccc21. The Morgan fingerprint density at radius 1 is 1.07 bits per heavy atom. The third-order valence-electron chi connectivity index (χ3n) is 5.07. The zero-order valence-electron chi connectivity index (χ0n) is 15.5. The van der Waals surface area contributed by atoms with Crippen molar-refractivity contribution in [3.8, 4) is 23.0 Å². The molecule has 0 fully saturated rings. The summed E-state index contributed by atoms with van der Waals surface area (Å²) in [5, 5.41) is 3.98. The number of anilines is 1. The number of carbonyl (C=O) groups excluding carboxylic acids is 1. The number of fused-ring (bicyclic) bond motifs is 1. The molecule has 0 saturated carbocycles. The van der Waals surface area contributed by atoms with E-state index in [2.05, 4.69) is 16.2 Å². The first-order chi connectivity index (χ1) is 14.2. The highest BCUT2D eigenvalue weighted by molar-refractivity contribution is 5.95. The first kappa shape index (κ1) is 17.4. The van der Waals surface area contributed by atoms with Crippen LogP contribution in [0.25, 0.3) is 23.0 Å². The number of hydrogen-bond donors (Lipinski definition) is 0. The fraction of sp³-hybridized carbons (Fsp3) is 0.136. The second-order valence-corrected chi connectivity index (χ2v) is 6.88. The Labute approximate surface area is 166 Å². The summed E-state index contributed by atoms with van der Waals surface area (Å²) in [5.41, 5.74) is 3.48. The first-order valence-corrected chi connectivity index (χ1v) is 9.32. The van der Waals surface area contributed by atoms with Gasteiger partial charge in [0.15, 0.2) is 0 Å². The van der Waals surface area contributed by atoms with Gasteiger partial charge >= 0.3 is 0 Å². The summed E-state index contributed by atoms with van der Waals surface area (Å²) in [4.78, 5) is 19.1. The van der Waals surface area contributed by atoms with Crippen molar-refractivity contribution in [2.24, 2.45) is 0 Å². The lowest BCUT2D eigenvalue weighted by atomic mass is 10.2. The largest absolute Gasteiger partial charge is 0.334 e. The predicted octanol–water partition coefficient (Wildman–Crippen LogP) is 3.93. The van der Waals surface area contributed by atoms with Crippen molar-refractivity contribution in [2.45, 2.75) is 13.0 Å². The van der Waals surface area contributed by atoms with Gasteiger partial charge in [-0.25, -0.2) is 4.39 Å². The molecule has 0 aliphatic carbocycles. The Morgan fingerprint density at radius 3 is 2.76 bits per heavy atom. The van der Waals surface area contributed by atoms with E-state index in [0.717, 1.165) is 12.1 Å². The Kier molecular flexibility index (Phi) is 4.20. The van der Waals surface area contributed by atoms with Crippen LogP contribution in [0.1, 0.15) is 5.56 Å². The smallest absolute Gasteiger partial charge is 0.274 e. The maximum absolute atomic E-state index is 13.1. The second kappa shape index (κ2) is 7.01. The zero-order chi connectivity index (χ0) is 19.8. The Hall–Kier alpha value is -3.74. The molecular formula is C22H17FN4O2. The van der Waals surface area contributed by atoms with Gasteiger partial charge in [-0.15, -0.1) is 0 Å². The van der Waals surface area contributed by atoms with Gasteiger partial charge in [-0.3, -0.25) is 4.79 Å². The van der Waals surface area contributed by atoms with Crippen LogP contribution in [0.4, 0.5) is 10.1 Å². The van der Waals surface area contributed by atoms with Crippen LogP contribution in [-0.4, -0.2) is 27.2 Å². The van der Waals surface area contributed by atoms with Gasteiger partial charge in [0.05, 0.1) is 0 Å². The molecule has 0 atom stereocenters. The zero-order valence-corrected chi connectivity index (χ0v) is 15.5. The first-order valence-electron chi connectivity index (χ1n) is 9.32. The monoisotopic (exact) mass is 388 g/mol. The third kappa shape index (κ3) is 3.20. The lowest BCUT2D eigenvalue weighted by Gasteiger charge is -2.18. The number of amides is 1. The number of para-hydroxylation sites is 1. The van der Waals surface area contributed by atoms with Gasteiger partial charge in [-0.1, -0.05) is 23.4 Å². The molecule has 5 rings (SSSR count). The average molecular weight is 388 g/mol. The number of halogens is 1. The summed E-state index contributed by atoms with van der Waals surface area (Å²) in [6.45, 7) is 0.856. The minimum Gasteiger partial charge on any atom is -0.334 e. The molecule has 2 aromatic carbocycles. The van der Waals surface area contributed by atoms with E-state index in [9.17, 15) is 9.18 Å². The highest BCUT2D eigenvalue weighted by Gasteiger charge is 2.25. The van der Waals surface area contributed by atoms with Crippen LogP contribution in [0.5, 0.6) is 0 Å². The van der Waals surface area contributed by atoms with Gasteiger partial charge in [0.2, 0.25) is 11.7 Å². The van der Waals surface area contributed by atoms with Crippen molar-refractivity contribution < 1.29 is 13.7 Å². The summed E-state index contributed by atoms with van der Waals surface area (Å²) >= 11 is 0. The number of rotatable bonds is 4. The third-order valence-corrected chi connectivity index (χ3v) is 5.07. The van der Waals surface area contributed by atoms with Gasteiger partial charge in [0.1, 0.15) is 18.1 Å². The maximum atomic E-state index is 13.1. The normalized spacial score (nSPS) is 12.9. The van der Waals surface area contributed by atoms with Crippen LogP contribution < -0.4 is 4.90 Å². The lowest BCUT2D eigenvalue weighted by molar-refractivity contribution is -0.119. The van der Waals surface area contributed by atoms with E-state index in [-0.39, 0.29) is 18.3 Å². The van der Waals surface area contributed by atoms with E-state index in [4.69, 9.17) is 4.52 Å². The number of carbonyl (C=O) groups is 1. The van der Waals surface area contributed by atoms with Crippen molar-refractivity contribution in [3.63, 3.8) is 0 Å². The Bertz CT molecular complexity index is 1180. The number of nitrogens with zero attached hydrogens (tertiary/aromatic N) is 4. The molecule has 2 aromatic heterocycles. The molecule has 3 heterocycles. The van der Waals surface area contributed by atoms with Crippen molar-refractivity contribution in [3.05, 3.63) is 78.2 Å². The van der Waals surface area contributed by atoms with E-state index in [1.807, 2.05) is 41.4 Å². The van der Waals surface area contributed by atoms with Gasteiger partial charge in [-0.2, -0.15) is 4.98 Å². The van der Waals surface area contributed by atoms with Crippen LogP contribution in [0.2, 0.25) is 0 Å². The van der Waals surface area contributed by atoms with Crippen molar-refractivity contribution >= 4 is 11.6 Å². The van der Waals surface area contributed by atoms with Crippen LogP contribution in [0.3, 0.4) is 0 Å². The van der Waals surface area contributed by atoms with E-state index < -0.39 is 0 Å². The molecule has 0 N–H and O–H groups in total. The molecule has 4 aromatic rings. The average Bonchev–Trinajstić information content (AvgIpc) is 3.47. The fourth-order valence-corrected chi connectivity index (χ4v) is 3.62. The molecule has 0 bridgehead atoms. The highest BCUT2D eigenvalue weighted by atomic mass is 19.1. The standard InChI is InChI=1S/C22H17FN4O2/c23-17-9-7-16(8-10-17)21-24-22(29-25-21)19-6-3-12-26(19)14-20(28)27-13-11-15-4-1-2-5-18(15)27/h1-10,12H,11,13-14H2. The maximum Gasteiger partial charge on any atom is 0.274 e. The predicted molar refractivity (Wildman–Crippen MR) is 106 cm³/mol. The highest BCUT2D eigenvalue weighted by Crippen LogP contribution is 2.28. The van der Waals surface area contributed by atoms with Crippen LogP contribution in [0.15, 0.2) is 71.4 Å². The van der Waals surface area contributed by atoms with E-state index in [1.165, 1.54) is 17.7 Å². The molecule has 29 heavy (non-hydrogen) atoms. The van der Waals surface area contributed by atoms with E-state index >= 15 is 0 Å². The Morgan fingerprint density at radius 2 is 1.90 bits per heavy atom. The van der Waals surface area contributed by atoms with E-state index in [1.54, 1.807) is 16.7 Å². The molecule has 0 saturated heterocycles. The molecule has 144 valence electrons. The molecule has 6 nitrogen and oxygen atoms in total. The molecule has 7 heteroatoms. The number of hydrogen-bond acceptors (Lipinski definition) is 4. The fourth-order valence-electron chi connectivity index (χ4n) is 3.62. The topological polar surface area (TPSA) is 64.2 Å². The summed E-state index contributed by atoms with van der Waals surface area (Å²) in [7, 11) is 0. The van der Waals surface area contributed by atoms with Gasteiger partial charge in [0.25, 0.3) is 5.89 Å². The van der Waals surface area contributed by atoms with Gasteiger partial charge in [-0.05, 0) is 54.4 Å². The molecule has 0 unspecified atom stereocenters. The van der Waals surface area contributed by atoms with Crippen LogP contribution in [-0.2, 0) is 17.8 Å². The minimum absolute atomic E-state index is 0.00525. The van der Waals surface area contributed by atoms with Crippen LogP contribution in [0, 0.1) is 5.82 Å². The van der Waals surface area contributed by atoms with Crippen molar-refractivity contribution in [1.82, 2.24) is 14.7 Å². The summed E-state index contributed by atoms with van der Waals surface area (Å²) in [5.74, 6) is 0.357. The molecule has 0 spiro atoms. The van der Waals surface area contributed by atoms with Crippen LogP contribution >= 0.6 is 0 Å².